The van der Waals surface area contributed by atoms with Crippen molar-refractivity contribution in [1.29, 1.82) is 0 Å². The van der Waals surface area contributed by atoms with Gasteiger partial charge < -0.3 is 10.1 Å². The smallest absolute Gasteiger partial charge is 0.0639 e. The fraction of sp³-hybridized carbons (Fsp3) is 0.600. The van der Waals surface area contributed by atoms with Gasteiger partial charge in [-0.15, -0.1) is 0 Å². The molecule has 0 aliphatic heterocycles. The lowest BCUT2D eigenvalue weighted by atomic mass is 9.87. The lowest BCUT2D eigenvalue weighted by molar-refractivity contribution is 0.144. The van der Waals surface area contributed by atoms with Crippen LogP contribution in [-0.4, -0.2) is 19.8 Å². The average Bonchev–Trinajstić information content (AvgIpc) is 2.28. The van der Waals surface area contributed by atoms with Crippen LogP contribution < -0.4 is 5.32 Å². The van der Waals surface area contributed by atoms with Crippen LogP contribution in [0.3, 0.4) is 0 Å². The maximum absolute atomic E-state index is 5.42. The zero-order valence-corrected chi connectivity index (χ0v) is 11.5. The fourth-order valence-electron chi connectivity index (χ4n) is 1.60. The number of hydrogen-bond donors (Lipinski definition) is 1. The number of benzene rings is 1. The van der Waals surface area contributed by atoms with E-state index in [1.165, 1.54) is 5.56 Å². The molecule has 0 amide bonds. The van der Waals surface area contributed by atoms with Gasteiger partial charge in [-0.05, 0) is 29.5 Å². The van der Waals surface area contributed by atoms with E-state index in [-0.39, 0.29) is 5.41 Å². The Hall–Kier alpha value is -1.02. The zero-order chi connectivity index (χ0) is 12.7. The molecule has 0 spiro atoms. The highest BCUT2D eigenvalue weighted by atomic mass is 16.5. The molecule has 0 aromatic heterocycles. The molecule has 0 heterocycles. The molecule has 96 valence electrons. The van der Waals surface area contributed by atoms with E-state index in [1.54, 1.807) is 0 Å². The quantitative estimate of drug-likeness (QED) is 0.757. The minimum Gasteiger partial charge on any atom is -0.383 e. The molecule has 1 aromatic carbocycles. The van der Waals surface area contributed by atoms with Gasteiger partial charge >= 0.3 is 0 Å². The molecule has 2 heteroatoms. The van der Waals surface area contributed by atoms with Gasteiger partial charge in [0.05, 0.1) is 6.61 Å². The Kier molecular flexibility index (Phi) is 5.49. The average molecular weight is 235 g/mol. The van der Waals surface area contributed by atoms with Gasteiger partial charge in [-0.2, -0.15) is 0 Å². The van der Waals surface area contributed by atoms with Crippen LogP contribution in [-0.2, 0) is 10.2 Å². The standard InChI is InChI=1S/C15H25NO/c1-5-11-17-12-10-16-14-8-6-13(7-9-14)15(2,3)4/h6-9,16H,5,10-12H2,1-4H3. The molecule has 17 heavy (non-hydrogen) atoms. The van der Waals surface area contributed by atoms with Crippen LogP contribution in [0, 0.1) is 0 Å². The molecule has 1 rings (SSSR count). The summed E-state index contributed by atoms with van der Waals surface area (Å²) in [7, 11) is 0. The second kappa shape index (κ2) is 6.65. The van der Waals surface area contributed by atoms with Gasteiger partial charge in [-0.1, -0.05) is 39.8 Å². The van der Waals surface area contributed by atoms with E-state index >= 15 is 0 Å². The molecule has 0 aliphatic carbocycles. The van der Waals surface area contributed by atoms with Crippen LogP contribution in [0.5, 0.6) is 0 Å². The van der Waals surface area contributed by atoms with Crippen LogP contribution in [0.25, 0.3) is 0 Å². The molecule has 1 N–H and O–H groups in total. The van der Waals surface area contributed by atoms with Crippen LogP contribution in [0.2, 0.25) is 0 Å². The SMILES string of the molecule is CCCOCCNc1ccc(C(C)(C)C)cc1. The number of hydrogen-bond acceptors (Lipinski definition) is 2. The Morgan fingerprint density at radius 3 is 2.24 bits per heavy atom. The van der Waals surface area contributed by atoms with Crippen molar-refractivity contribution in [3.8, 4) is 0 Å². The number of rotatable bonds is 6. The Labute approximate surface area is 105 Å². The molecule has 0 unspecified atom stereocenters. The Morgan fingerprint density at radius 2 is 1.71 bits per heavy atom. The van der Waals surface area contributed by atoms with Crippen molar-refractivity contribution in [3.63, 3.8) is 0 Å². The van der Waals surface area contributed by atoms with E-state index in [0.717, 1.165) is 31.9 Å². The summed E-state index contributed by atoms with van der Waals surface area (Å²) in [5, 5.41) is 3.36. The van der Waals surface area contributed by atoms with Gasteiger partial charge in [0.25, 0.3) is 0 Å². The van der Waals surface area contributed by atoms with E-state index in [1.807, 2.05) is 0 Å². The van der Waals surface area contributed by atoms with Crippen molar-refractivity contribution in [1.82, 2.24) is 0 Å². The molecule has 0 radical (unpaired) electrons. The lowest BCUT2D eigenvalue weighted by Crippen LogP contribution is -2.12. The molecule has 0 atom stereocenters. The molecule has 0 saturated carbocycles. The van der Waals surface area contributed by atoms with Crippen LogP contribution in [0.1, 0.15) is 39.7 Å². The second-order valence-corrected chi connectivity index (χ2v) is 5.37. The first-order valence-electron chi connectivity index (χ1n) is 6.46. The summed E-state index contributed by atoms with van der Waals surface area (Å²) in [5.74, 6) is 0. The first-order valence-corrected chi connectivity index (χ1v) is 6.46. The number of anilines is 1. The first kappa shape index (κ1) is 14.0. The highest BCUT2D eigenvalue weighted by Gasteiger charge is 2.12. The number of nitrogens with one attached hydrogen (secondary N) is 1. The maximum Gasteiger partial charge on any atom is 0.0639 e. The van der Waals surface area contributed by atoms with Gasteiger partial charge in [-0.3, -0.25) is 0 Å². The van der Waals surface area contributed by atoms with E-state index in [4.69, 9.17) is 4.74 Å². The van der Waals surface area contributed by atoms with Crippen molar-refractivity contribution >= 4 is 5.69 Å². The van der Waals surface area contributed by atoms with Gasteiger partial charge in [0.1, 0.15) is 0 Å². The van der Waals surface area contributed by atoms with Crippen molar-refractivity contribution in [2.24, 2.45) is 0 Å². The van der Waals surface area contributed by atoms with E-state index in [0.29, 0.717) is 0 Å². The third kappa shape index (κ3) is 5.22. The molecule has 2 nitrogen and oxygen atoms in total. The van der Waals surface area contributed by atoms with Gasteiger partial charge in [-0.25, -0.2) is 0 Å². The van der Waals surface area contributed by atoms with Crippen molar-refractivity contribution in [2.75, 3.05) is 25.1 Å². The second-order valence-electron chi connectivity index (χ2n) is 5.37. The fourth-order valence-corrected chi connectivity index (χ4v) is 1.60. The Balaban J connectivity index is 2.36. The predicted molar refractivity (Wildman–Crippen MR) is 74.7 cm³/mol. The normalized spacial score (nSPS) is 11.5. The van der Waals surface area contributed by atoms with E-state index < -0.39 is 0 Å². The van der Waals surface area contributed by atoms with Gasteiger partial charge in [0.15, 0.2) is 0 Å². The minimum absolute atomic E-state index is 0.225. The van der Waals surface area contributed by atoms with Gasteiger partial charge in [0, 0.05) is 18.8 Å². The molecular weight excluding hydrogens is 210 g/mol. The predicted octanol–water partition coefficient (Wildman–Crippen LogP) is 3.82. The van der Waals surface area contributed by atoms with Crippen LogP contribution in [0.15, 0.2) is 24.3 Å². The minimum atomic E-state index is 0.225. The van der Waals surface area contributed by atoms with Crippen molar-refractivity contribution in [3.05, 3.63) is 29.8 Å². The highest BCUT2D eigenvalue weighted by molar-refractivity contribution is 5.45. The third-order valence-corrected chi connectivity index (χ3v) is 2.67. The molecule has 0 aliphatic rings. The summed E-state index contributed by atoms with van der Waals surface area (Å²) < 4.78 is 5.42. The van der Waals surface area contributed by atoms with Gasteiger partial charge in [0.2, 0.25) is 0 Å². The Morgan fingerprint density at radius 1 is 1.06 bits per heavy atom. The maximum atomic E-state index is 5.42. The molecule has 0 saturated heterocycles. The summed E-state index contributed by atoms with van der Waals surface area (Å²) in [6.07, 6.45) is 1.08. The summed E-state index contributed by atoms with van der Waals surface area (Å²) in [4.78, 5) is 0. The number of ether oxygens (including phenoxy) is 1. The molecule has 0 bridgehead atoms. The van der Waals surface area contributed by atoms with Crippen LogP contribution in [0.4, 0.5) is 5.69 Å². The first-order chi connectivity index (χ1) is 8.04. The van der Waals surface area contributed by atoms with E-state index in [2.05, 4.69) is 57.3 Å². The monoisotopic (exact) mass is 235 g/mol. The molecule has 0 fully saturated rings. The summed E-state index contributed by atoms with van der Waals surface area (Å²) in [6, 6.07) is 8.66. The summed E-state index contributed by atoms with van der Waals surface area (Å²) in [5.41, 5.74) is 2.76. The summed E-state index contributed by atoms with van der Waals surface area (Å²) in [6.45, 7) is 11.3. The summed E-state index contributed by atoms with van der Waals surface area (Å²) >= 11 is 0. The zero-order valence-electron chi connectivity index (χ0n) is 11.5. The lowest BCUT2D eigenvalue weighted by Gasteiger charge is -2.19. The van der Waals surface area contributed by atoms with Crippen molar-refractivity contribution < 1.29 is 4.74 Å². The molecule has 1 aromatic rings. The molecular formula is C15H25NO. The van der Waals surface area contributed by atoms with Crippen molar-refractivity contribution in [2.45, 2.75) is 39.5 Å². The topological polar surface area (TPSA) is 21.3 Å². The van der Waals surface area contributed by atoms with Crippen LogP contribution >= 0.6 is 0 Å². The third-order valence-electron chi connectivity index (χ3n) is 2.67. The largest absolute Gasteiger partial charge is 0.383 e. The highest BCUT2D eigenvalue weighted by Crippen LogP contribution is 2.23. The Bertz CT molecular complexity index is 311. The van der Waals surface area contributed by atoms with E-state index in [9.17, 15) is 0 Å².